The second-order valence-corrected chi connectivity index (χ2v) is 6.57. The van der Waals surface area contributed by atoms with Gasteiger partial charge in [-0.2, -0.15) is 0 Å². The number of ether oxygens (including phenoxy) is 1. The predicted octanol–water partition coefficient (Wildman–Crippen LogP) is 2.08. The summed E-state index contributed by atoms with van der Waals surface area (Å²) in [6, 6.07) is 1.82. The molecule has 0 spiro atoms. The van der Waals surface area contributed by atoms with Crippen LogP contribution in [-0.4, -0.2) is 33.5 Å². The van der Waals surface area contributed by atoms with E-state index in [1.165, 1.54) is 0 Å². The minimum atomic E-state index is -5.25. The summed E-state index contributed by atoms with van der Waals surface area (Å²) in [6.07, 6.45) is 0.433. The molecule has 0 N–H and O–H groups in total. The Labute approximate surface area is 114 Å². The summed E-state index contributed by atoms with van der Waals surface area (Å²) < 4.78 is 78.4. The van der Waals surface area contributed by atoms with Crippen LogP contribution in [0.25, 0.3) is 0 Å². The molecule has 0 aliphatic heterocycles. The van der Waals surface area contributed by atoms with Crippen LogP contribution in [-0.2, 0) is 9.84 Å². The topological polar surface area (TPSA) is 43.4 Å². The van der Waals surface area contributed by atoms with Crippen molar-refractivity contribution in [2.45, 2.75) is 13.3 Å². The summed E-state index contributed by atoms with van der Waals surface area (Å²) in [5.74, 6) is -1.94. The fourth-order valence-electron chi connectivity index (χ4n) is 1.53. The van der Waals surface area contributed by atoms with E-state index in [-0.39, 0.29) is 18.1 Å². The van der Waals surface area contributed by atoms with Gasteiger partial charge >= 0.3 is 6.98 Å². The Morgan fingerprint density at radius 1 is 1.20 bits per heavy atom. The van der Waals surface area contributed by atoms with Crippen LogP contribution in [0.1, 0.15) is 13.3 Å². The lowest BCUT2D eigenvalue weighted by atomic mass is 9.80. The van der Waals surface area contributed by atoms with Crippen molar-refractivity contribution in [2.75, 3.05) is 18.1 Å². The number of sulfone groups is 1. The molecule has 0 saturated carbocycles. The van der Waals surface area contributed by atoms with Crippen LogP contribution >= 0.6 is 0 Å². The molecule has 3 nitrogen and oxygen atoms in total. The van der Waals surface area contributed by atoms with Crippen LogP contribution in [0.3, 0.4) is 0 Å². The second-order valence-electron chi connectivity index (χ2n) is 4.26. The summed E-state index contributed by atoms with van der Waals surface area (Å²) in [5, 5.41) is 0. The van der Waals surface area contributed by atoms with Gasteiger partial charge < -0.3 is 17.7 Å². The van der Waals surface area contributed by atoms with E-state index in [1.54, 1.807) is 6.92 Å². The van der Waals surface area contributed by atoms with Crippen molar-refractivity contribution in [1.29, 1.82) is 0 Å². The van der Waals surface area contributed by atoms with Gasteiger partial charge in [-0.1, -0.05) is 13.0 Å². The minimum absolute atomic E-state index is 0.0372. The van der Waals surface area contributed by atoms with Gasteiger partial charge in [0.1, 0.15) is 6.61 Å². The van der Waals surface area contributed by atoms with E-state index in [4.69, 9.17) is 4.74 Å². The summed E-state index contributed by atoms with van der Waals surface area (Å²) in [5.41, 5.74) is -0.988. The normalized spacial score (nSPS) is 12.4. The van der Waals surface area contributed by atoms with E-state index in [2.05, 4.69) is 0 Å². The Kier molecular flexibility index (Phi) is 5.44. The standard InChI is InChI=1S/C11H14BF4O3S/c1-2-6-20(17,18)7-5-19-11-8-9(12(14,15)16)3-4-10(11)13/h3-4,8H,2,5-7H2,1H3/q-1. The predicted molar refractivity (Wildman–Crippen MR) is 69.6 cm³/mol. The summed E-state index contributed by atoms with van der Waals surface area (Å²) in [6.45, 7) is -3.95. The third kappa shape index (κ3) is 5.03. The molecule has 0 bridgehead atoms. The van der Waals surface area contributed by atoms with E-state index in [9.17, 15) is 25.8 Å². The molecule has 0 aliphatic rings. The molecule has 0 amide bonds. The van der Waals surface area contributed by atoms with Gasteiger partial charge in [0.05, 0.1) is 11.5 Å². The van der Waals surface area contributed by atoms with Gasteiger partial charge in [-0.25, -0.2) is 12.8 Å². The quantitative estimate of drug-likeness (QED) is 0.572. The monoisotopic (exact) mass is 313 g/mol. The summed E-state index contributed by atoms with van der Waals surface area (Å²) in [7, 11) is -3.32. The first-order valence-corrected chi connectivity index (χ1v) is 7.80. The van der Waals surface area contributed by atoms with Gasteiger partial charge in [-0.05, 0) is 18.6 Å². The van der Waals surface area contributed by atoms with Crippen LogP contribution in [0.4, 0.5) is 17.3 Å². The van der Waals surface area contributed by atoms with Gasteiger partial charge in [-0.15, -0.1) is 5.46 Å². The molecule has 1 rings (SSSR count). The van der Waals surface area contributed by atoms with Gasteiger partial charge in [0.25, 0.3) is 0 Å². The summed E-state index contributed by atoms with van der Waals surface area (Å²) in [4.78, 5) is 0. The Balaban J connectivity index is 2.73. The highest BCUT2D eigenvalue weighted by atomic mass is 32.2. The van der Waals surface area contributed by atoms with Crippen molar-refractivity contribution in [3.05, 3.63) is 24.0 Å². The third-order valence-electron chi connectivity index (χ3n) is 2.50. The van der Waals surface area contributed by atoms with Crippen LogP contribution in [0.15, 0.2) is 18.2 Å². The molecule has 20 heavy (non-hydrogen) atoms. The zero-order chi connectivity index (χ0) is 15.4. The molecule has 0 saturated heterocycles. The largest absolute Gasteiger partial charge is 0.509 e. The SMILES string of the molecule is CCCS(=O)(=O)CCOc1cc([B-](F)(F)F)ccc1F. The van der Waals surface area contributed by atoms with E-state index >= 15 is 0 Å². The zero-order valence-corrected chi connectivity index (χ0v) is 11.6. The number of hydrogen-bond acceptors (Lipinski definition) is 3. The molecular formula is C11H14BF4O3S-. The number of benzene rings is 1. The first-order valence-electron chi connectivity index (χ1n) is 5.98. The maximum Gasteiger partial charge on any atom is 0.509 e. The number of rotatable bonds is 7. The molecule has 0 unspecified atom stereocenters. The molecule has 0 aliphatic carbocycles. The third-order valence-corrected chi connectivity index (χ3v) is 4.32. The van der Waals surface area contributed by atoms with Crippen molar-refractivity contribution in [3.8, 4) is 5.75 Å². The molecule has 114 valence electrons. The number of halogens is 4. The van der Waals surface area contributed by atoms with E-state index < -0.39 is 33.8 Å². The van der Waals surface area contributed by atoms with E-state index in [0.29, 0.717) is 24.6 Å². The molecule has 0 radical (unpaired) electrons. The van der Waals surface area contributed by atoms with Crippen molar-refractivity contribution in [1.82, 2.24) is 0 Å². The van der Waals surface area contributed by atoms with Crippen LogP contribution < -0.4 is 10.2 Å². The Morgan fingerprint density at radius 3 is 2.40 bits per heavy atom. The highest BCUT2D eigenvalue weighted by Gasteiger charge is 2.26. The zero-order valence-electron chi connectivity index (χ0n) is 10.8. The Bertz CT molecular complexity index is 557. The number of hydrogen-bond donors (Lipinski definition) is 0. The van der Waals surface area contributed by atoms with Crippen molar-refractivity contribution >= 4 is 22.3 Å². The molecule has 0 atom stereocenters. The highest BCUT2D eigenvalue weighted by Crippen LogP contribution is 2.18. The Hall–Kier alpha value is -1.25. The highest BCUT2D eigenvalue weighted by molar-refractivity contribution is 7.91. The van der Waals surface area contributed by atoms with Crippen LogP contribution in [0.5, 0.6) is 5.75 Å². The summed E-state index contributed by atoms with van der Waals surface area (Å²) >= 11 is 0. The minimum Gasteiger partial charge on any atom is -0.490 e. The maximum atomic E-state index is 13.3. The van der Waals surface area contributed by atoms with Crippen molar-refractivity contribution in [3.63, 3.8) is 0 Å². The fraction of sp³-hybridized carbons (Fsp3) is 0.455. The molecule has 0 fully saturated rings. The van der Waals surface area contributed by atoms with Crippen LogP contribution in [0, 0.1) is 5.82 Å². The van der Waals surface area contributed by atoms with E-state index in [0.717, 1.165) is 0 Å². The maximum absolute atomic E-state index is 13.3. The van der Waals surface area contributed by atoms with E-state index in [1.807, 2.05) is 0 Å². The first kappa shape index (κ1) is 16.8. The van der Waals surface area contributed by atoms with Crippen LogP contribution in [0.2, 0.25) is 0 Å². The van der Waals surface area contributed by atoms with Gasteiger partial charge in [-0.3, -0.25) is 0 Å². The van der Waals surface area contributed by atoms with Gasteiger partial charge in [0.15, 0.2) is 21.4 Å². The van der Waals surface area contributed by atoms with Crippen molar-refractivity contribution < 1.29 is 30.5 Å². The Morgan fingerprint density at radius 2 is 1.85 bits per heavy atom. The van der Waals surface area contributed by atoms with Gasteiger partial charge in [0.2, 0.25) is 0 Å². The average Bonchev–Trinajstić information content (AvgIpc) is 2.29. The fourth-order valence-corrected chi connectivity index (χ4v) is 2.69. The van der Waals surface area contributed by atoms with Gasteiger partial charge in [0, 0.05) is 0 Å². The molecule has 9 heteroatoms. The molecule has 0 heterocycles. The first-order chi connectivity index (χ1) is 9.15. The molecule has 1 aromatic rings. The smallest absolute Gasteiger partial charge is 0.490 e. The molecular weight excluding hydrogens is 299 g/mol. The average molecular weight is 313 g/mol. The molecule has 1 aromatic carbocycles. The molecule has 0 aromatic heterocycles. The lowest BCUT2D eigenvalue weighted by Gasteiger charge is -2.16. The lowest BCUT2D eigenvalue weighted by molar-refractivity contribution is 0.322. The van der Waals surface area contributed by atoms with Crippen molar-refractivity contribution in [2.24, 2.45) is 0 Å². The lowest BCUT2D eigenvalue weighted by Crippen LogP contribution is -2.34. The second kappa shape index (κ2) is 6.47.